The fourth-order valence-corrected chi connectivity index (χ4v) is 3.26. The van der Waals surface area contributed by atoms with E-state index in [2.05, 4.69) is 27.0 Å². The van der Waals surface area contributed by atoms with E-state index in [1.807, 2.05) is 24.3 Å². The predicted octanol–water partition coefficient (Wildman–Crippen LogP) is 3.65. The van der Waals surface area contributed by atoms with E-state index in [4.69, 9.17) is 28.8 Å². The summed E-state index contributed by atoms with van der Waals surface area (Å²) in [6.07, 6.45) is -1.49. The van der Waals surface area contributed by atoms with Gasteiger partial charge >= 0.3 is 18.1 Å². The minimum Gasteiger partial charge on any atom is -0.491 e. The lowest BCUT2D eigenvalue weighted by Crippen LogP contribution is -2.30. The van der Waals surface area contributed by atoms with Gasteiger partial charge in [-0.25, -0.2) is 14.4 Å². The van der Waals surface area contributed by atoms with E-state index in [1.54, 1.807) is 24.3 Å². The molecule has 0 saturated heterocycles. The van der Waals surface area contributed by atoms with Gasteiger partial charge in [-0.1, -0.05) is 51.3 Å². The van der Waals surface area contributed by atoms with Gasteiger partial charge in [0.25, 0.3) is 0 Å². The maximum Gasteiger partial charge on any atom is 0.506 e. The highest BCUT2D eigenvalue weighted by atomic mass is 16.7. The van der Waals surface area contributed by atoms with Crippen LogP contribution in [0.25, 0.3) is 0 Å². The standard InChI is InChI=1S/C28H32O10/c1-5-25(30)36-16-21(29)15-34-22-11-7-19(8-12-22)28(3,4)20-9-13-23(14-10-20)35-17-24(38-27(32)33)18-37-26(31)6-2/h5-14,21,24,29H,1-2,15-18H2,3-4H3,(H,32,33). The summed E-state index contributed by atoms with van der Waals surface area (Å²) in [4.78, 5) is 33.2. The SMILES string of the molecule is C=CC(=O)OCC(O)COc1ccc(C(C)(C)c2ccc(OCC(COC(=O)C=C)OC(=O)O)cc2)cc1. The molecule has 2 unspecified atom stereocenters. The van der Waals surface area contributed by atoms with E-state index in [9.17, 15) is 19.5 Å². The first-order chi connectivity index (χ1) is 18.0. The highest BCUT2D eigenvalue weighted by Crippen LogP contribution is 2.33. The van der Waals surface area contributed by atoms with Crippen molar-refractivity contribution in [2.24, 2.45) is 0 Å². The summed E-state index contributed by atoms with van der Waals surface area (Å²) in [5, 5.41) is 18.8. The summed E-state index contributed by atoms with van der Waals surface area (Å²) in [5.74, 6) is -0.267. The molecule has 0 aliphatic rings. The first-order valence-corrected chi connectivity index (χ1v) is 11.7. The second-order valence-corrected chi connectivity index (χ2v) is 8.62. The monoisotopic (exact) mass is 528 g/mol. The Kier molecular flexibility index (Phi) is 11.4. The normalized spacial score (nSPS) is 12.4. The summed E-state index contributed by atoms with van der Waals surface area (Å²) < 4.78 is 25.5. The number of carboxylic acid groups (broad SMARTS) is 1. The topological polar surface area (TPSA) is 138 Å². The van der Waals surface area contributed by atoms with Gasteiger partial charge in [0.05, 0.1) is 0 Å². The van der Waals surface area contributed by atoms with Crippen LogP contribution in [-0.2, 0) is 29.2 Å². The van der Waals surface area contributed by atoms with Gasteiger partial charge in [0.15, 0.2) is 6.10 Å². The number of esters is 2. The lowest BCUT2D eigenvalue weighted by molar-refractivity contribution is -0.142. The Morgan fingerprint density at radius 1 is 0.789 bits per heavy atom. The molecular formula is C28H32O10. The van der Waals surface area contributed by atoms with Crippen LogP contribution in [0, 0.1) is 0 Å². The summed E-state index contributed by atoms with van der Waals surface area (Å²) in [7, 11) is 0. The lowest BCUT2D eigenvalue weighted by atomic mass is 9.78. The molecule has 10 heteroatoms. The molecule has 38 heavy (non-hydrogen) atoms. The Bertz CT molecular complexity index is 1090. The molecule has 0 aliphatic heterocycles. The van der Waals surface area contributed by atoms with Crippen LogP contribution in [-0.4, -0.2) is 66.9 Å². The average Bonchev–Trinajstić information content (AvgIpc) is 2.91. The molecule has 0 aromatic heterocycles. The van der Waals surface area contributed by atoms with Crippen LogP contribution in [0.5, 0.6) is 11.5 Å². The molecule has 204 valence electrons. The van der Waals surface area contributed by atoms with Crippen molar-refractivity contribution < 1.29 is 48.3 Å². The number of hydrogen-bond donors (Lipinski definition) is 2. The zero-order valence-corrected chi connectivity index (χ0v) is 21.3. The highest BCUT2D eigenvalue weighted by Gasteiger charge is 2.23. The first kappa shape index (κ1) is 29.9. The molecule has 0 heterocycles. The molecule has 2 atom stereocenters. The smallest absolute Gasteiger partial charge is 0.491 e. The zero-order valence-electron chi connectivity index (χ0n) is 21.3. The average molecular weight is 529 g/mol. The molecule has 2 N–H and O–H groups in total. The largest absolute Gasteiger partial charge is 0.506 e. The van der Waals surface area contributed by atoms with Crippen molar-refractivity contribution in [1.29, 1.82) is 0 Å². The summed E-state index contributed by atoms with van der Waals surface area (Å²) >= 11 is 0. The van der Waals surface area contributed by atoms with Gasteiger partial charge in [-0.05, 0) is 35.4 Å². The Labute approximate surface area is 221 Å². The molecular weight excluding hydrogens is 496 g/mol. The quantitative estimate of drug-likeness (QED) is 0.200. The van der Waals surface area contributed by atoms with E-state index < -0.39 is 30.3 Å². The van der Waals surface area contributed by atoms with Crippen LogP contribution in [0.15, 0.2) is 73.8 Å². The zero-order chi connectivity index (χ0) is 28.1. The van der Waals surface area contributed by atoms with Crippen molar-refractivity contribution in [3.05, 3.63) is 85.0 Å². The second-order valence-electron chi connectivity index (χ2n) is 8.62. The van der Waals surface area contributed by atoms with E-state index >= 15 is 0 Å². The molecule has 0 spiro atoms. The van der Waals surface area contributed by atoms with Crippen molar-refractivity contribution in [2.75, 3.05) is 26.4 Å². The number of carbonyl (C=O) groups excluding carboxylic acids is 2. The van der Waals surface area contributed by atoms with Gasteiger partial charge in [0, 0.05) is 17.6 Å². The van der Waals surface area contributed by atoms with Gasteiger partial charge in [0.1, 0.15) is 44.0 Å². The van der Waals surface area contributed by atoms with E-state index in [1.165, 1.54) is 0 Å². The van der Waals surface area contributed by atoms with Gasteiger partial charge in [-0.3, -0.25) is 0 Å². The number of benzene rings is 2. The third kappa shape index (κ3) is 9.62. The second kappa shape index (κ2) is 14.4. The van der Waals surface area contributed by atoms with Crippen LogP contribution in [0.4, 0.5) is 4.79 Å². The molecule has 0 saturated carbocycles. The van der Waals surface area contributed by atoms with Crippen molar-refractivity contribution >= 4 is 18.1 Å². The molecule has 0 aliphatic carbocycles. The maximum atomic E-state index is 11.2. The minimum atomic E-state index is -1.51. The van der Waals surface area contributed by atoms with Crippen LogP contribution < -0.4 is 9.47 Å². The van der Waals surface area contributed by atoms with Crippen LogP contribution >= 0.6 is 0 Å². The highest BCUT2D eigenvalue weighted by molar-refractivity contribution is 5.81. The molecule has 2 rings (SSSR count). The third-order valence-electron chi connectivity index (χ3n) is 5.46. The minimum absolute atomic E-state index is 0.0380. The molecule has 0 amide bonds. The van der Waals surface area contributed by atoms with Crippen LogP contribution in [0.3, 0.4) is 0 Å². The first-order valence-electron chi connectivity index (χ1n) is 11.7. The van der Waals surface area contributed by atoms with E-state index in [0.717, 1.165) is 23.3 Å². The Morgan fingerprint density at radius 3 is 1.68 bits per heavy atom. The summed E-state index contributed by atoms with van der Waals surface area (Å²) in [6, 6.07) is 14.7. The Hall–Kier alpha value is -4.31. The maximum absolute atomic E-state index is 11.2. The van der Waals surface area contributed by atoms with Crippen molar-refractivity contribution in [3.8, 4) is 11.5 Å². The van der Waals surface area contributed by atoms with Gasteiger partial charge in [-0.2, -0.15) is 0 Å². The van der Waals surface area contributed by atoms with Crippen molar-refractivity contribution in [2.45, 2.75) is 31.5 Å². The van der Waals surface area contributed by atoms with E-state index in [0.29, 0.717) is 11.5 Å². The molecule has 0 radical (unpaired) electrons. The molecule has 10 nitrogen and oxygen atoms in total. The number of aliphatic hydroxyl groups is 1. The number of hydrogen-bond acceptors (Lipinski definition) is 9. The predicted molar refractivity (Wildman–Crippen MR) is 137 cm³/mol. The number of aliphatic hydroxyl groups excluding tert-OH is 1. The number of carbonyl (C=O) groups is 3. The fraction of sp³-hybridized carbons (Fsp3) is 0.321. The molecule has 0 fully saturated rings. The Balaban J connectivity index is 1.95. The van der Waals surface area contributed by atoms with E-state index in [-0.39, 0.29) is 31.8 Å². The van der Waals surface area contributed by atoms with Crippen molar-refractivity contribution in [1.82, 2.24) is 0 Å². The van der Waals surface area contributed by atoms with Crippen molar-refractivity contribution in [3.63, 3.8) is 0 Å². The third-order valence-corrected chi connectivity index (χ3v) is 5.46. The Morgan fingerprint density at radius 2 is 1.24 bits per heavy atom. The van der Waals surface area contributed by atoms with Crippen LogP contribution in [0.1, 0.15) is 25.0 Å². The van der Waals surface area contributed by atoms with Gasteiger partial charge in [0.2, 0.25) is 0 Å². The van der Waals surface area contributed by atoms with Gasteiger partial charge < -0.3 is 33.9 Å². The summed E-state index contributed by atoms with van der Waals surface area (Å²) in [5.41, 5.74) is 1.64. The summed E-state index contributed by atoms with van der Waals surface area (Å²) in [6.45, 7) is 10.0. The molecule has 0 bridgehead atoms. The van der Waals surface area contributed by atoms with Crippen LogP contribution in [0.2, 0.25) is 0 Å². The molecule has 2 aromatic carbocycles. The molecule has 2 aromatic rings. The fourth-order valence-electron chi connectivity index (χ4n) is 3.26. The lowest BCUT2D eigenvalue weighted by Gasteiger charge is -2.26. The number of ether oxygens (including phenoxy) is 5. The number of rotatable bonds is 15. The van der Waals surface area contributed by atoms with Gasteiger partial charge in [-0.15, -0.1) is 0 Å².